The number of anilines is 2. The molecule has 2 heterocycles. The smallest absolute Gasteiger partial charge is 0.350 e. The fourth-order valence-electron chi connectivity index (χ4n) is 7.58. The zero-order chi connectivity index (χ0) is 33.7. The zero-order valence-electron chi connectivity index (χ0n) is 31.1. The second-order valence-corrected chi connectivity index (χ2v) is 17.2. The van der Waals surface area contributed by atoms with Gasteiger partial charge in [-0.25, -0.2) is 0 Å². The molecule has 0 atom stereocenters. The van der Waals surface area contributed by atoms with E-state index in [1.807, 2.05) is 0 Å². The van der Waals surface area contributed by atoms with Gasteiger partial charge in [0, 0.05) is 46.2 Å². The van der Waals surface area contributed by atoms with E-state index in [1.54, 1.807) is 0 Å². The van der Waals surface area contributed by atoms with Gasteiger partial charge in [0.2, 0.25) is 0 Å². The zero-order valence-corrected chi connectivity index (χ0v) is 32.1. The molecule has 245 valence electrons. The molecule has 5 heteroatoms. The number of benzene rings is 2. The summed E-state index contributed by atoms with van der Waals surface area (Å²) in [6, 6.07) is 14.7. The molecule has 2 aliphatic rings. The van der Waals surface area contributed by atoms with Crippen molar-refractivity contribution in [3.63, 3.8) is 0 Å². The number of para-hydroxylation sites is 2. The Labute approximate surface area is 278 Å². The predicted molar refractivity (Wildman–Crippen MR) is 199 cm³/mol. The van der Waals surface area contributed by atoms with Crippen LogP contribution < -0.4 is 9.13 Å². The third-order valence-corrected chi connectivity index (χ3v) is 12.8. The molecule has 0 bridgehead atoms. The quantitative estimate of drug-likeness (QED) is 0.257. The maximum Gasteiger partial charge on any atom is 0.354 e. The molecule has 0 saturated carbocycles. The van der Waals surface area contributed by atoms with Crippen LogP contribution >= 0.6 is 0 Å². The number of hydrogen-bond acceptors (Lipinski definition) is 4. The van der Waals surface area contributed by atoms with E-state index in [0.717, 1.165) is 5.70 Å². The molecule has 2 aromatic carbocycles. The maximum atomic E-state index is 4.86. The van der Waals surface area contributed by atoms with Crippen LogP contribution in [0.15, 0.2) is 71.8 Å². The summed E-state index contributed by atoms with van der Waals surface area (Å²) in [6.45, 7) is 40.1. The van der Waals surface area contributed by atoms with Crippen molar-refractivity contribution in [2.45, 2.75) is 145 Å². The Hall–Kier alpha value is -2.92. The van der Waals surface area contributed by atoms with Crippen LogP contribution in [0.2, 0.25) is 0 Å². The van der Waals surface area contributed by atoms with Gasteiger partial charge in [0.25, 0.3) is 0 Å². The van der Waals surface area contributed by atoms with Gasteiger partial charge in [0.05, 0.1) is 0 Å². The van der Waals surface area contributed by atoms with Gasteiger partial charge in [-0.1, -0.05) is 98.4 Å². The van der Waals surface area contributed by atoms with Gasteiger partial charge >= 0.3 is 9.12 Å². The second-order valence-electron chi connectivity index (χ2n) is 15.0. The standard InChI is InChI=1S/C40H61N4Si/c1-24(2)34-19-17-20-35(25(3)4)38(34)43-30(13)23-31(14)44(39-36(26(5)6)21-18-22-37(39)27(7)8)45(43)40-41(28(9)10)32(15)33(16)42(40)29(11)12/h17-29,40H,13H2,1-12,14-16H3. The largest absolute Gasteiger partial charge is 0.354 e. The van der Waals surface area contributed by atoms with Gasteiger partial charge in [-0.2, -0.15) is 0 Å². The normalized spacial score (nSPS) is 17.3. The molecule has 0 aliphatic carbocycles. The molecule has 0 N–H and O–H groups in total. The lowest BCUT2D eigenvalue weighted by atomic mass is 9.92. The van der Waals surface area contributed by atoms with E-state index < -0.39 is 9.12 Å². The van der Waals surface area contributed by atoms with Crippen molar-refractivity contribution < 1.29 is 0 Å². The Bertz CT molecular complexity index is 1380. The SMILES string of the molecule is C=C1C=C(C)N(c2c(C(C)C)cccc2C(C)C)[Si](C2N(C(C)C)C(C)=C(C)N2C(C)C)N1c1c(C(C)C)cccc1C(C)C. The van der Waals surface area contributed by atoms with Gasteiger partial charge in [-0.05, 0) is 100 Å². The van der Waals surface area contributed by atoms with E-state index in [1.165, 1.54) is 50.7 Å². The van der Waals surface area contributed by atoms with Crippen LogP contribution in [-0.4, -0.2) is 36.8 Å². The Morgan fingerprint density at radius 2 is 0.889 bits per heavy atom. The molecule has 2 aromatic rings. The lowest BCUT2D eigenvalue weighted by Gasteiger charge is -2.53. The topological polar surface area (TPSA) is 13.0 Å². The van der Waals surface area contributed by atoms with Crippen molar-refractivity contribution in [1.82, 2.24) is 9.80 Å². The highest BCUT2D eigenvalue weighted by Gasteiger charge is 2.53. The molecule has 45 heavy (non-hydrogen) atoms. The van der Waals surface area contributed by atoms with Crippen molar-refractivity contribution in [2.24, 2.45) is 0 Å². The summed E-state index contributed by atoms with van der Waals surface area (Å²) >= 11 is 0. The molecule has 0 aromatic heterocycles. The number of allylic oxidation sites excluding steroid dienone is 4. The first-order valence-corrected chi connectivity index (χ1v) is 18.8. The summed E-state index contributed by atoms with van der Waals surface area (Å²) < 4.78 is 5.55. The molecular weight excluding hydrogens is 565 g/mol. The molecule has 0 amide bonds. The van der Waals surface area contributed by atoms with Crippen molar-refractivity contribution in [2.75, 3.05) is 9.13 Å². The number of nitrogens with zero attached hydrogens (tertiary/aromatic N) is 4. The van der Waals surface area contributed by atoms with Crippen LogP contribution in [0, 0.1) is 0 Å². The number of hydrogen-bond donors (Lipinski definition) is 0. The van der Waals surface area contributed by atoms with E-state index in [9.17, 15) is 0 Å². The molecule has 4 nitrogen and oxygen atoms in total. The van der Waals surface area contributed by atoms with Crippen molar-refractivity contribution >= 4 is 20.5 Å². The van der Waals surface area contributed by atoms with E-state index >= 15 is 0 Å². The minimum Gasteiger partial charge on any atom is -0.350 e. The lowest BCUT2D eigenvalue weighted by molar-refractivity contribution is 0.147. The minimum atomic E-state index is -1.67. The average Bonchev–Trinajstić information content (AvgIpc) is 3.21. The first-order valence-electron chi connectivity index (χ1n) is 17.4. The van der Waals surface area contributed by atoms with Crippen LogP contribution in [0.3, 0.4) is 0 Å². The Morgan fingerprint density at radius 1 is 0.556 bits per heavy atom. The summed E-state index contributed by atoms with van der Waals surface area (Å²) in [5.74, 6) is 1.73. The molecule has 1 radical (unpaired) electrons. The van der Waals surface area contributed by atoms with Crippen LogP contribution in [0.25, 0.3) is 0 Å². The monoisotopic (exact) mass is 625 g/mol. The summed E-state index contributed by atoms with van der Waals surface area (Å²) in [7, 11) is -1.67. The molecule has 2 aliphatic heterocycles. The van der Waals surface area contributed by atoms with Crippen LogP contribution in [0.1, 0.15) is 150 Å². The van der Waals surface area contributed by atoms with Gasteiger partial charge in [0.1, 0.15) is 5.79 Å². The van der Waals surface area contributed by atoms with Crippen LogP contribution in [-0.2, 0) is 0 Å². The average molecular weight is 626 g/mol. The van der Waals surface area contributed by atoms with E-state index in [4.69, 9.17) is 6.58 Å². The highest BCUT2D eigenvalue weighted by molar-refractivity contribution is 6.71. The Kier molecular flexibility index (Phi) is 10.4. The fraction of sp³-hybridized carbons (Fsp3) is 0.550. The maximum absolute atomic E-state index is 4.86. The first kappa shape index (κ1) is 34.9. The molecule has 0 fully saturated rings. The van der Waals surface area contributed by atoms with E-state index in [-0.39, 0.29) is 5.79 Å². The second kappa shape index (κ2) is 13.4. The number of rotatable bonds is 9. The fourth-order valence-corrected chi connectivity index (χ4v) is 11.5. The third kappa shape index (κ3) is 6.14. The van der Waals surface area contributed by atoms with Gasteiger partial charge in [0.15, 0.2) is 0 Å². The van der Waals surface area contributed by atoms with Gasteiger partial charge < -0.3 is 18.9 Å². The Morgan fingerprint density at radius 3 is 1.20 bits per heavy atom. The highest BCUT2D eigenvalue weighted by Crippen LogP contribution is 2.47. The predicted octanol–water partition coefficient (Wildman–Crippen LogP) is 11.0. The third-order valence-electron chi connectivity index (χ3n) is 9.77. The van der Waals surface area contributed by atoms with E-state index in [2.05, 4.69) is 165 Å². The summed E-state index contributed by atoms with van der Waals surface area (Å²) in [6.07, 6.45) is 2.36. The Balaban J connectivity index is 2.21. The van der Waals surface area contributed by atoms with E-state index in [0.29, 0.717) is 35.8 Å². The lowest BCUT2D eigenvalue weighted by Crippen LogP contribution is -2.70. The summed E-state index contributed by atoms with van der Waals surface area (Å²) in [5, 5.41) is 0. The van der Waals surface area contributed by atoms with Gasteiger partial charge in [-0.3, -0.25) is 0 Å². The minimum absolute atomic E-state index is 0.163. The molecule has 0 spiro atoms. The molecule has 0 saturated heterocycles. The van der Waals surface area contributed by atoms with Crippen molar-refractivity contribution in [3.05, 3.63) is 94.1 Å². The first-order chi connectivity index (χ1) is 21.0. The van der Waals surface area contributed by atoms with Crippen molar-refractivity contribution in [3.8, 4) is 0 Å². The highest BCUT2D eigenvalue weighted by atomic mass is 28.3. The van der Waals surface area contributed by atoms with Crippen LogP contribution in [0.4, 0.5) is 11.4 Å². The summed E-state index contributed by atoms with van der Waals surface area (Å²) in [5.41, 5.74) is 13.6. The van der Waals surface area contributed by atoms with Gasteiger partial charge in [-0.15, -0.1) is 0 Å². The molecular formula is C40H61N4Si. The van der Waals surface area contributed by atoms with Crippen LogP contribution in [0.5, 0.6) is 0 Å². The molecule has 0 unspecified atom stereocenters. The summed E-state index contributed by atoms with van der Waals surface area (Å²) in [4.78, 5) is 5.46. The van der Waals surface area contributed by atoms with Crippen molar-refractivity contribution in [1.29, 1.82) is 0 Å². The molecule has 4 rings (SSSR count).